The van der Waals surface area contributed by atoms with Gasteiger partial charge in [-0.25, -0.2) is 0 Å². The highest BCUT2D eigenvalue weighted by Gasteiger charge is 2.25. The minimum absolute atomic E-state index is 0.347. The van der Waals surface area contributed by atoms with Gasteiger partial charge >= 0.3 is 5.69 Å². The Labute approximate surface area is 165 Å². The molecule has 5 nitrogen and oxygen atoms in total. The van der Waals surface area contributed by atoms with Gasteiger partial charge in [-0.3, -0.25) is 0 Å². The molecule has 1 rings (SSSR count). The Kier molecular flexibility index (Phi) is 12.9. The van der Waals surface area contributed by atoms with Crippen molar-refractivity contribution >= 4 is 5.69 Å². The zero-order valence-corrected chi connectivity index (χ0v) is 17.5. The lowest BCUT2D eigenvalue weighted by Crippen LogP contribution is -2.03. The van der Waals surface area contributed by atoms with E-state index >= 15 is 0 Å². The molecule has 0 amide bonds. The summed E-state index contributed by atoms with van der Waals surface area (Å²) < 4.78 is 17.6. The van der Waals surface area contributed by atoms with E-state index in [1.807, 2.05) is 0 Å². The van der Waals surface area contributed by atoms with Crippen LogP contribution < -0.4 is 14.2 Å². The van der Waals surface area contributed by atoms with Crippen molar-refractivity contribution in [3.63, 3.8) is 0 Å². The second kappa shape index (κ2) is 15.1. The lowest BCUT2D eigenvalue weighted by atomic mass is 10.2. The van der Waals surface area contributed by atoms with E-state index in [0.29, 0.717) is 42.8 Å². The summed E-state index contributed by atoms with van der Waals surface area (Å²) in [6.07, 6.45) is 11.1. The fourth-order valence-electron chi connectivity index (χ4n) is 2.72. The van der Waals surface area contributed by atoms with Crippen LogP contribution in [0.15, 0.2) is 12.1 Å². The lowest BCUT2D eigenvalue weighted by molar-refractivity contribution is 0.280. The van der Waals surface area contributed by atoms with Crippen molar-refractivity contribution in [2.45, 2.75) is 85.0 Å². The number of ether oxygens (including phenoxy) is 3. The maximum absolute atomic E-state index is 9.48. The van der Waals surface area contributed by atoms with Crippen LogP contribution in [-0.2, 0) is 0 Å². The molecule has 0 aliphatic heterocycles. The van der Waals surface area contributed by atoms with E-state index in [9.17, 15) is 5.39 Å². The first-order valence-electron chi connectivity index (χ1n) is 10.7. The average molecular weight is 378 g/mol. The molecule has 0 radical (unpaired) electrons. The number of diazo groups is 1. The zero-order valence-electron chi connectivity index (χ0n) is 17.5. The second-order valence-electron chi connectivity index (χ2n) is 6.89. The van der Waals surface area contributed by atoms with Crippen LogP contribution in [0.3, 0.4) is 0 Å². The number of nitrogens with zero attached hydrogens (tertiary/aromatic N) is 2. The molecule has 0 aliphatic carbocycles. The average Bonchev–Trinajstić information content (AvgIpc) is 2.68. The molecular formula is C22H37N2O3+. The van der Waals surface area contributed by atoms with Gasteiger partial charge in [-0.05, 0) is 19.3 Å². The smallest absolute Gasteiger partial charge is 0.467 e. The predicted octanol–water partition coefficient (Wildman–Crippen LogP) is 7.27. The SMILES string of the molecule is CCCCCCOc1cc(OCCCC)c([N+]#N)c(OCCCCCC)c1. The van der Waals surface area contributed by atoms with Gasteiger partial charge < -0.3 is 14.2 Å². The van der Waals surface area contributed by atoms with Gasteiger partial charge in [0, 0.05) is 12.1 Å². The topological polar surface area (TPSA) is 55.8 Å². The molecule has 0 saturated heterocycles. The molecule has 0 aromatic heterocycles. The molecule has 0 fully saturated rings. The first-order valence-corrected chi connectivity index (χ1v) is 10.7. The van der Waals surface area contributed by atoms with Gasteiger partial charge in [0.1, 0.15) is 5.75 Å². The molecule has 152 valence electrons. The highest BCUT2D eigenvalue weighted by molar-refractivity contribution is 5.69. The second-order valence-corrected chi connectivity index (χ2v) is 6.89. The van der Waals surface area contributed by atoms with E-state index in [1.165, 1.54) is 32.1 Å². The molecule has 27 heavy (non-hydrogen) atoms. The maximum Gasteiger partial charge on any atom is 0.467 e. The van der Waals surface area contributed by atoms with Crippen LogP contribution in [0.5, 0.6) is 17.2 Å². The van der Waals surface area contributed by atoms with Crippen LogP contribution in [0.2, 0.25) is 0 Å². The van der Waals surface area contributed by atoms with Crippen molar-refractivity contribution in [3.05, 3.63) is 17.1 Å². The van der Waals surface area contributed by atoms with Gasteiger partial charge in [0.2, 0.25) is 16.9 Å². The molecule has 0 aliphatic rings. The Morgan fingerprint density at radius 2 is 1.15 bits per heavy atom. The standard InChI is InChI=1S/C22H37N2O3/c1-4-7-10-12-15-25-19-17-20(26-14-9-6-3)22(24-23)21(18-19)27-16-13-11-8-5-2/h17-18H,4-16H2,1-3H3/q+1. The highest BCUT2D eigenvalue weighted by atomic mass is 16.5. The third kappa shape index (κ3) is 9.51. The van der Waals surface area contributed by atoms with E-state index in [0.717, 1.165) is 32.1 Å². The normalized spacial score (nSPS) is 10.4. The third-order valence-electron chi connectivity index (χ3n) is 4.39. The fourth-order valence-corrected chi connectivity index (χ4v) is 2.72. The first kappa shape index (κ1) is 23.1. The molecule has 0 spiro atoms. The van der Waals surface area contributed by atoms with Crippen LogP contribution in [0.1, 0.15) is 85.0 Å². The van der Waals surface area contributed by atoms with Crippen molar-refractivity contribution in [1.82, 2.24) is 0 Å². The summed E-state index contributed by atoms with van der Waals surface area (Å²) in [6.45, 7) is 8.33. The van der Waals surface area contributed by atoms with Gasteiger partial charge in [-0.2, -0.15) is 0 Å². The van der Waals surface area contributed by atoms with Crippen LogP contribution in [0, 0.1) is 5.39 Å². The summed E-state index contributed by atoms with van der Waals surface area (Å²) in [6, 6.07) is 3.61. The van der Waals surface area contributed by atoms with E-state index < -0.39 is 0 Å². The monoisotopic (exact) mass is 377 g/mol. The minimum atomic E-state index is 0.347. The molecule has 0 bridgehead atoms. The number of hydrogen-bond acceptors (Lipinski definition) is 4. The summed E-state index contributed by atoms with van der Waals surface area (Å²) in [5, 5.41) is 9.48. The number of rotatable bonds is 16. The predicted molar refractivity (Wildman–Crippen MR) is 111 cm³/mol. The Balaban J connectivity index is 2.80. The minimum Gasteiger partial charge on any atom is -0.493 e. The summed E-state index contributed by atoms with van der Waals surface area (Å²) in [5.74, 6) is 1.74. The van der Waals surface area contributed by atoms with Gasteiger partial charge in [0.05, 0.1) is 19.8 Å². The summed E-state index contributed by atoms with van der Waals surface area (Å²) in [5.41, 5.74) is 0.347. The first-order chi connectivity index (χ1) is 13.3. The number of hydrogen-bond donors (Lipinski definition) is 0. The summed E-state index contributed by atoms with van der Waals surface area (Å²) in [4.78, 5) is 3.42. The molecule has 5 heteroatoms. The fraction of sp³-hybridized carbons (Fsp3) is 0.727. The van der Waals surface area contributed by atoms with Gasteiger partial charge in [0.15, 0.2) is 4.98 Å². The van der Waals surface area contributed by atoms with E-state index in [-0.39, 0.29) is 0 Å². The third-order valence-corrected chi connectivity index (χ3v) is 4.39. The highest BCUT2D eigenvalue weighted by Crippen LogP contribution is 2.42. The molecule has 0 atom stereocenters. The van der Waals surface area contributed by atoms with Crippen molar-refractivity contribution in [1.29, 1.82) is 5.39 Å². The van der Waals surface area contributed by atoms with Crippen molar-refractivity contribution in [3.8, 4) is 17.2 Å². The Hall–Kier alpha value is -1.96. The molecular weight excluding hydrogens is 340 g/mol. The molecule has 0 heterocycles. The van der Waals surface area contributed by atoms with Crippen LogP contribution in [0.4, 0.5) is 5.69 Å². The Morgan fingerprint density at radius 1 is 0.667 bits per heavy atom. The maximum atomic E-state index is 9.48. The number of unbranched alkanes of at least 4 members (excludes halogenated alkanes) is 7. The molecule has 0 saturated carbocycles. The summed E-state index contributed by atoms with van der Waals surface area (Å²) >= 11 is 0. The van der Waals surface area contributed by atoms with Crippen LogP contribution >= 0.6 is 0 Å². The van der Waals surface area contributed by atoms with Gasteiger partial charge in [0.25, 0.3) is 0 Å². The quantitative estimate of drug-likeness (QED) is 0.224. The van der Waals surface area contributed by atoms with Crippen LogP contribution in [-0.4, -0.2) is 19.8 Å². The Morgan fingerprint density at radius 3 is 1.63 bits per heavy atom. The molecule has 1 aromatic rings. The van der Waals surface area contributed by atoms with E-state index in [4.69, 9.17) is 14.2 Å². The van der Waals surface area contributed by atoms with Gasteiger partial charge in [-0.1, -0.05) is 65.7 Å². The zero-order chi connectivity index (χ0) is 19.7. The largest absolute Gasteiger partial charge is 0.493 e. The van der Waals surface area contributed by atoms with Crippen molar-refractivity contribution in [2.75, 3.05) is 19.8 Å². The van der Waals surface area contributed by atoms with Crippen molar-refractivity contribution < 1.29 is 14.2 Å². The molecule has 0 N–H and O–H groups in total. The van der Waals surface area contributed by atoms with Crippen LogP contribution in [0.25, 0.3) is 4.98 Å². The lowest BCUT2D eigenvalue weighted by Gasteiger charge is -2.11. The molecule has 1 aromatic carbocycles. The number of benzene rings is 1. The van der Waals surface area contributed by atoms with Gasteiger partial charge in [-0.15, -0.1) is 0 Å². The summed E-state index contributed by atoms with van der Waals surface area (Å²) in [7, 11) is 0. The molecule has 0 unspecified atom stereocenters. The van der Waals surface area contributed by atoms with E-state index in [2.05, 4.69) is 25.7 Å². The van der Waals surface area contributed by atoms with Crippen molar-refractivity contribution in [2.24, 2.45) is 0 Å². The Bertz CT molecular complexity index is 555. The van der Waals surface area contributed by atoms with E-state index in [1.54, 1.807) is 12.1 Å².